The number of para-hydroxylation sites is 1. The quantitative estimate of drug-likeness (QED) is 0.915. The Bertz CT molecular complexity index is 512. The van der Waals surface area contributed by atoms with Crippen LogP contribution in [0.5, 0.6) is 5.75 Å². The van der Waals surface area contributed by atoms with Crippen molar-refractivity contribution < 1.29 is 19.4 Å². The van der Waals surface area contributed by atoms with E-state index in [0.717, 1.165) is 5.56 Å². The summed E-state index contributed by atoms with van der Waals surface area (Å²) in [6.45, 7) is 2.36. The molecule has 1 saturated heterocycles. The summed E-state index contributed by atoms with van der Waals surface area (Å²) in [5.74, 6) is -0.839. The molecule has 1 amide bonds. The van der Waals surface area contributed by atoms with Crippen LogP contribution >= 0.6 is 0 Å². The Morgan fingerprint density at radius 2 is 2.15 bits per heavy atom. The number of amides is 1. The van der Waals surface area contributed by atoms with Crippen LogP contribution in [0.4, 0.5) is 0 Å². The Kier molecular flexibility index (Phi) is 4.27. The second-order valence-electron chi connectivity index (χ2n) is 4.85. The molecule has 1 N–H and O–H groups in total. The molecule has 1 fully saturated rings. The fourth-order valence-electron chi connectivity index (χ4n) is 2.88. The number of likely N-dealkylation sites (tertiary alicyclic amines) is 1. The van der Waals surface area contributed by atoms with Gasteiger partial charge in [-0.15, -0.1) is 0 Å². The highest BCUT2D eigenvalue weighted by Crippen LogP contribution is 2.40. The Morgan fingerprint density at radius 3 is 2.75 bits per heavy atom. The predicted molar refractivity (Wildman–Crippen MR) is 73.5 cm³/mol. The van der Waals surface area contributed by atoms with Crippen molar-refractivity contribution in [1.82, 2.24) is 4.90 Å². The number of benzene rings is 1. The molecule has 1 aliphatic rings. The van der Waals surface area contributed by atoms with E-state index in [0.29, 0.717) is 18.7 Å². The van der Waals surface area contributed by atoms with Crippen LogP contribution in [0.25, 0.3) is 0 Å². The lowest BCUT2D eigenvalue weighted by molar-refractivity contribution is -0.151. The highest BCUT2D eigenvalue weighted by molar-refractivity contribution is 5.82. The average Bonchev–Trinajstić information content (AvgIpc) is 2.46. The first-order valence-electron chi connectivity index (χ1n) is 6.75. The third-order valence-corrected chi connectivity index (χ3v) is 3.82. The third kappa shape index (κ3) is 2.48. The topological polar surface area (TPSA) is 66.8 Å². The van der Waals surface area contributed by atoms with Gasteiger partial charge in [-0.1, -0.05) is 18.2 Å². The van der Waals surface area contributed by atoms with Crippen molar-refractivity contribution in [3.8, 4) is 5.75 Å². The number of nitrogens with zero attached hydrogens (tertiary/aromatic N) is 1. The van der Waals surface area contributed by atoms with Crippen molar-refractivity contribution in [2.24, 2.45) is 5.92 Å². The van der Waals surface area contributed by atoms with E-state index in [2.05, 4.69) is 0 Å². The van der Waals surface area contributed by atoms with Gasteiger partial charge < -0.3 is 14.7 Å². The molecule has 0 radical (unpaired) electrons. The number of piperidine rings is 1. The lowest BCUT2D eigenvalue weighted by Crippen LogP contribution is -2.45. The van der Waals surface area contributed by atoms with Gasteiger partial charge in [0.15, 0.2) is 0 Å². The van der Waals surface area contributed by atoms with Crippen LogP contribution in [0, 0.1) is 5.92 Å². The molecule has 1 aromatic carbocycles. The highest BCUT2D eigenvalue weighted by atomic mass is 16.5. The largest absolute Gasteiger partial charge is 0.496 e. The molecule has 1 aromatic rings. The molecule has 0 saturated carbocycles. The number of carbonyl (C=O) groups is 2. The first-order valence-corrected chi connectivity index (χ1v) is 6.75. The van der Waals surface area contributed by atoms with Crippen molar-refractivity contribution in [3.05, 3.63) is 29.8 Å². The van der Waals surface area contributed by atoms with Gasteiger partial charge in [0, 0.05) is 18.5 Å². The lowest BCUT2D eigenvalue weighted by Gasteiger charge is -2.39. The van der Waals surface area contributed by atoms with Crippen molar-refractivity contribution in [3.63, 3.8) is 0 Å². The predicted octanol–water partition coefficient (Wildman–Crippen LogP) is 2.08. The zero-order valence-corrected chi connectivity index (χ0v) is 11.7. The van der Waals surface area contributed by atoms with Crippen LogP contribution in [0.15, 0.2) is 24.3 Å². The number of carboxylic acids is 1. The molecule has 1 heterocycles. The minimum absolute atomic E-state index is 0.000839. The standard InChI is InChI=1S/C15H19NO4/c1-3-16-13(17)9-8-11(15(18)19)14(16)10-6-4-5-7-12(10)20-2/h4-7,11,14H,3,8-9H2,1-2H3,(H,18,19)/t11-,14+/m1/s1. The molecule has 0 spiro atoms. The van der Waals surface area contributed by atoms with Gasteiger partial charge >= 0.3 is 5.97 Å². The molecule has 2 atom stereocenters. The van der Waals surface area contributed by atoms with Crippen LogP contribution in [0.3, 0.4) is 0 Å². The maximum absolute atomic E-state index is 12.1. The van der Waals surface area contributed by atoms with E-state index in [9.17, 15) is 14.7 Å². The van der Waals surface area contributed by atoms with Gasteiger partial charge in [0.05, 0.1) is 19.1 Å². The monoisotopic (exact) mass is 277 g/mol. The Morgan fingerprint density at radius 1 is 1.45 bits per heavy atom. The maximum atomic E-state index is 12.1. The normalized spacial score (nSPS) is 22.7. The molecule has 1 aliphatic heterocycles. The molecule has 0 unspecified atom stereocenters. The van der Waals surface area contributed by atoms with E-state index >= 15 is 0 Å². The number of methoxy groups -OCH3 is 1. The lowest BCUT2D eigenvalue weighted by atomic mass is 9.84. The van der Waals surface area contributed by atoms with Gasteiger partial charge in [0.2, 0.25) is 5.91 Å². The van der Waals surface area contributed by atoms with Crippen molar-refractivity contribution in [2.75, 3.05) is 13.7 Å². The summed E-state index contributed by atoms with van der Waals surface area (Å²) in [6.07, 6.45) is 0.657. The highest BCUT2D eigenvalue weighted by Gasteiger charge is 2.41. The van der Waals surface area contributed by atoms with Crippen LogP contribution in [0.1, 0.15) is 31.4 Å². The summed E-state index contributed by atoms with van der Waals surface area (Å²) in [5, 5.41) is 9.45. The molecule has 20 heavy (non-hydrogen) atoms. The fraction of sp³-hybridized carbons (Fsp3) is 0.467. The van der Waals surface area contributed by atoms with E-state index < -0.39 is 17.9 Å². The van der Waals surface area contributed by atoms with E-state index in [1.807, 2.05) is 25.1 Å². The molecule has 0 aliphatic carbocycles. The third-order valence-electron chi connectivity index (χ3n) is 3.82. The summed E-state index contributed by atoms with van der Waals surface area (Å²) < 4.78 is 5.32. The minimum Gasteiger partial charge on any atom is -0.496 e. The zero-order valence-electron chi connectivity index (χ0n) is 11.7. The van der Waals surface area contributed by atoms with Gasteiger partial charge in [-0.05, 0) is 19.4 Å². The number of carbonyl (C=O) groups excluding carboxylic acids is 1. The van der Waals surface area contributed by atoms with E-state index in [-0.39, 0.29) is 12.3 Å². The Hall–Kier alpha value is -2.04. The van der Waals surface area contributed by atoms with E-state index in [4.69, 9.17) is 4.74 Å². The first kappa shape index (κ1) is 14.4. The summed E-state index contributed by atoms with van der Waals surface area (Å²) in [4.78, 5) is 25.2. The van der Waals surface area contributed by atoms with Crippen molar-refractivity contribution in [2.45, 2.75) is 25.8 Å². The SMILES string of the molecule is CCN1C(=O)CC[C@@H](C(=O)O)[C@@H]1c1ccccc1OC. The number of rotatable bonds is 4. The molecular weight excluding hydrogens is 258 g/mol. The number of carboxylic acid groups (broad SMARTS) is 1. The Labute approximate surface area is 118 Å². The Balaban J connectivity index is 2.49. The van der Waals surface area contributed by atoms with Gasteiger partial charge in [-0.2, -0.15) is 0 Å². The maximum Gasteiger partial charge on any atom is 0.308 e. The number of hydrogen-bond donors (Lipinski definition) is 1. The summed E-state index contributed by atoms with van der Waals surface area (Å²) in [7, 11) is 1.55. The molecule has 5 heteroatoms. The summed E-state index contributed by atoms with van der Waals surface area (Å²) in [6, 6.07) is 6.83. The second kappa shape index (κ2) is 5.94. The number of aliphatic carboxylic acids is 1. The smallest absolute Gasteiger partial charge is 0.308 e. The summed E-state index contributed by atoms with van der Waals surface area (Å²) >= 11 is 0. The molecule has 5 nitrogen and oxygen atoms in total. The molecule has 0 bridgehead atoms. The van der Waals surface area contributed by atoms with Crippen LogP contribution < -0.4 is 4.74 Å². The van der Waals surface area contributed by atoms with Crippen molar-refractivity contribution >= 4 is 11.9 Å². The van der Waals surface area contributed by atoms with E-state index in [1.54, 1.807) is 18.1 Å². The minimum atomic E-state index is -0.869. The number of ether oxygens (including phenoxy) is 1. The molecular formula is C15H19NO4. The van der Waals surface area contributed by atoms with Crippen LogP contribution in [0.2, 0.25) is 0 Å². The molecule has 0 aromatic heterocycles. The van der Waals surface area contributed by atoms with Crippen LogP contribution in [-0.4, -0.2) is 35.5 Å². The van der Waals surface area contributed by atoms with Gasteiger partial charge in [0.1, 0.15) is 5.75 Å². The van der Waals surface area contributed by atoms with Gasteiger partial charge in [-0.25, -0.2) is 0 Å². The zero-order chi connectivity index (χ0) is 14.7. The molecule has 2 rings (SSSR count). The second-order valence-corrected chi connectivity index (χ2v) is 4.85. The first-order chi connectivity index (χ1) is 9.60. The van der Waals surface area contributed by atoms with Crippen molar-refractivity contribution in [1.29, 1.82) is 0 Å². The average molecular weight is 277 g/mol. The van der Waals surface area contributed by atoms with Gasteiger partial charge in [0.25, 0.3) is 0 Å². The van der Waals surface area contributed by atoms with Crippen LogP contribution in [-0.2, 0) is 9.59 Å². The van der Waals surface area contributed by atoms with Gasteiger partial charge in [-0.3, -0.25) is 9.59 Å². The fourth-order valence-corrected chi connectivity index (χ4v) is 2.88. The summed E-state index contributed by atoms with van der Waals surface area (Å²) in [5.41, 5.74) is 0.761. The van der Waals surface area contributed by atoms with E-state index in [1.165, 1.54) is 0 Å². The number of hydrogen-bond acceptors (Lipinski definition) is 3. The molecule has 108 valence electrons.